The van der Waals surface area contributed by atoms with Gasteiger partial charge in [-0.25, -0.2) is 0 Å². The lowest BCUT2D eigenvalue weighted by Crippen LogP contribution is -2.45. The van der Waals surface area contributed by atoms with Crippen molar-refractivity contribution in [2.24, 2.45) is 0 Å². The zero-order valence-corrected chi connectivity index (χ0v) is 11.8. The van der Waals surface area contributed by atoms with Crippen molar-refractivity contribution in [2.45, 2.75) is 20.0 Å². The molecule has 5 nitrogen and oxygen atoms in total. The average Bonchev–Trinajstić information content (AvgIpc) is 2.88. The second kappa shape index (κ2) is 6.15. The molecule has 0 spiro atoms. The van der Waals surface area contributed by atoms with E-state index in [0.717, 1.165) is 50.5 Å². The minimum absolute atomic E-state index is 0.892. The summed E-state index contributed by atoms with van der Waals surface area (Å²) >= 11 is 0. The first-order valence-corrected chi connectivity index (χ1v) is 7.05. The van der Waals surface area contributed by atoms with Crippen molar-refractivity contribution in [3.05, 3.63) is 47.6 Å². The Bertz CT molecular complexity index is 532. The molecule has 0 atom stereocenters. The van der Waals surface area contributed by atoms with Crippen LogP contribution in [-0.4, -0.2) is 46.1 Å². The Balaban J connectivity index is 1.49. The first-order valence-electron chi connectivity index (χ1n) is 7.05. The zero-order valence-electron chi connectivity index (χ0n) is 11.8. The van der Waals surface area contributed by atoms with E-state index in [2.05, 4.69) is 26.0 Å². The topological polar surface area (TPSA) is 45.4 Å². The van der Waals surface area contributed by atoms with Gasteiger partial charge in [0.1, 0.15) is 12.0 Å². The molecule has 1 aliphatic rings. The van der Waals surface area contributed by atoms with E-state index in [0.29, 0.717) is 0 Å². The van der Waals surface area contributed by atoms with Crippen molar-refractivity contribution < 1.29 is 4.52 Å². The molecule has 2 aromatic rings. The molecule has 0 saturated carbocycles. The van der Waals surface area contributed by atoms with Crippen molar-refractivity contribution in [3.8, 4) is 0 Å². The molecule has 0 aliphatic carbocycles. The fraction of sp³-hybridized carbons (Fsp3) is 0.467. The molecule has 0 amide bonds. The van der Waals surface area contributed by atoms with Gasteiger partial charge in [0.25, 0.3) is 0 Å². The Kier molecular flexibility index (Phi) is 4.08. The predicted molar refractivity (Wildman–Crippen MR) is 76.0 cm³/mol. The lowest BCUT2D eigenvalue weighted by molar-refractivity contribution is 0.120. The number of nitrogens with zero attached hydrogens (tertiary/aromatic N) is 4. The molecule has 0 N–H and O–H groups in total. The third kappa shape index (κ3) is 3.23. The average molecular weight is 272 g/mol. The van der Waals surface area contributed by atoms with E-state index in [1.807, 2.05) is 25.4 Å². The van der Waals surface area contributed by atoms with Crippen LogP contribution in [0.5, 0.6) is 0 Å². The molecule has 1 saturated heterocycles. The molecule has 20 heavy (non-hydrogen) atoms. The Morgan fingerprint density at radius 1 is 1.15 bits per heavy atom. The molecular formula is C15H20N4O. The lowest BCUT2D eigenvalue weighted by atomic mass is 10.2. The SMILES string of the molecule is Cc1conc1CN1CCN(Cc2cccnc2)CC1. The second-order valence-electron chi connectivity index (χ2n) is 5.36. The van der Waals surface area contributed by atoms with Crippen LogP contribution in [0.1, 0.15) is 16.8 Å². The van der Waals surface area contributed by atoms with E-state index in [1.54, 1.807) is 6.26 Å². The van der Waals surface area contributed by atoms with Gasteiger partial charge in [-0.3, -0.25) is 14.8 Å². The van der Waals surface area contributed by atoms with E-state index in [4.69, 9.17) is 4.52 Å². The maximum absolute atomic E-state index is 4.99. The number of hydrogen-bond acceptors (Lipinski definition) is 5. The van der Waals surface area contributed by atoms with Crippen LogP contribution < -0.4 is 0 Å². The molecule has 2 aromatic heterocycles. The Labute approximate surface area is 119 Å². The maximum atomic E-state index is 4.99. The van der Waals surface area contributed by atoms with E-state index in [9.17, 15) is 0 Å². The number of hydrogen-bond donors (Lipinski definition) is 0. The van der Waals surface area contributed by atoms with Crippen LogP contribution in [0, 0.1) is 6.92 Å². The summed E-state index contributed by atoms with van der Waals surface area (Å²) in [5.74, 6) is 0. The molecule has 106 valence electrons. The van der Waals surface area contributed by atoms with Crippen LogP contribution in [0.4, 0.5) is 0 Å². The summed E-state index contributed by atoms with van der Waals surface area (Å²) in [6.45, 7) is 8.26. The largest absolute Gasteiger partial charge is 0.364 e. The molecule has 0 aromatic carbocycles. The number of rotatable bonds is 4. The minimum atomic E-state index is 0.892. The highest BCUT2D eigenvalue weighted by molar-refractivity contribution is 5.12. The Morgan fingerprint density at radius 2 is 1.90 bits per heavy atom. The van der Waals surface area contributed by atoms with Gasteiger partial charge in [-0.05, 0) is 18.6 Å². The first-order chi connectivity index (χ1) is 9.81. The fourth-order valence-electron chi connectivity index (χ4n) is 2.53. The summed E-state index contributed by atoms with van der Waals surface area (Å²) in [4.78, 5) is 9.08. The highest BCUT2D eigenvalue weighted by Gasteiger charge is 2.18. The normalized spacial score (nSPS) is 17.4. The van der Waals surface area contributed by atoms with E-state index in [-0.39, 0.29) is 0 Å². The van der Waals surface area contributed by atoms with Crippen molar-refractivity contribution >= 4 is 0 Å². The number of piperazine rings is 1. The van der Waals surface area contributed by atoms with Gasteiger partial charge in [0.2, 0.25) is 0 Å². The smallest absolute Gasteiger partial charge is 0.127 e. The molecule has 0 radical (unpaired) electrons. The van der Waals surface area contributed by atoms with Gasteiger partial charge in [-0.15, -0.1) is 0 Å². The minimum Gasteiger partial charge on any atom is -0.364 e. The number of aryl methyl sites for hydroxylation is 1. The second-order valence-corrected chi connectivity index (χ2v) is 5.36. The van der Waals surface area contributed by atoms with Crippen molar-refractivity contribution in [3.63, 3.8) is 0 Å². The fourth-order valence-corrected chi connectivity index (χ4v) is 2.53. The van der Waals surface area contributed by atoms with Crippen molar-refractivity contribution in [1.29, 1.82) is 0 Å². The molecule has 3 heterocycles. The first kappa shape index (κ1) is 13.3. The summed E-state index contributed by atoms with van der Waals surface area (Å²) in [7, 11) is 0. The Hall–Kier alpha value is -1.72. The van der Waals surface area contributed by atoms with E-state index < -0.39 is 0 Å². The van der Waals surface area contributed by atoms with Crippen molar-refractivity contribution in [2.75, 3.05) is 26.2 Å². The van der Waals surface area contributed by atoms with E-state index in [1.165, 1.54) is 5.56 Å². The summed E-state index contributed by atoms with van der Waals surface area (Å²) < 4.78 is 4.99. The standard InChI is InChI=1S/C15H20N4O/c1-13-12-20-17-15(13)11-19-7-5-18(6-8-19)10-14-3-2-4-16-9-14/h2-4,9,12H,5-8,10-11H2,1H3. The molecule has 5 heteroatoms. The van der Waals surface area contributed by atoms with Crippen LogP contribution >= 0.6 is 0 Å². The molecule has 1 aliphatic heterocycles. The monoisotopic (exact) mass is 272 g/mol. The Morgan fingerprint density at radius 3 is 2.50 bits per heavy atom. The predicted octanol–water partition coefficient (Wildman–Crippen LogP) is 1.70. The maximum Gasteiger partial charge on any atom is 0.127 e. The van der Waals surface area contributed by atoms with Gasteiger partial charge in [0.15, 0.2) is 0 Å². The summed E-state index contributed by atoms with van der Waals surface area (Å²) in [5.41, 5.74) is 3.49. The molecular weight excluding hydrogens is 252 g/mol. The van der Waals surface area contributed by atoms with Gasteiger partial charge >= 0.3 is 0 Å². The highest BCUT2D eigenvalue weighted by Crippen LogP contribution is 2.12. The van der Waals surface area contributed by atoms with Crippen LogP contribution in [0.15, 0.2) is 35.3 Å². The van der Waals surface area contributed by atoms with Gasteiger partial charge < -0.3 is 4.52 Å². The number of aromatic nitrogens is 2. The quantitative estimate of drug-likeness (QED) is 0.847. The van der Waals surface area contributed by atoms with Crippen molar-refractivity contribution in [1.82, 2.24) is 19.9 Å². The van der Waals surface area contributed by atoms with Crippen LogP contribution in [0.2, 0.25) is 0 Å². The van der Waals surface area contributed by atoms with Crippen LogP contribution in [0.25, 0.3) is 0 Å². The summed E-state index contributed by atoms with van der Waals surface area (Å²) in [5, 5.41) is 4.06. The van der Waals surface area contributed by atoms with E-state index >= 15 is 0 Å². The van der Waals surface area contributed by atoms with Crippen LogP contribution in [0.3, 0.4) is 0 Å². The third-order valence-electron chi connectivity index (χ3n) is 3.81. The molecule has 0 bridgehead atoms. The number of pyridine rings is 1. The molecule has 0 unspecified atom stereocenters. The zero-order chi connectivity index (χ0) is 13.8. The lowest BCUT2D eigenvalue weighted by Gasteiger charge is -2.34. The highest BCUT2D eigenvalue weighted by atomic mass is 16.5. The van der Waals surface area contributed by atoms with Gasteiger partial charge in [0.05, 0.1) is 0 Å². The summed E-state index contributed by atoms with van der Waals surface area (Å²) in [6, 6.07) is 4.14. The van der Waals surface area contributed by atoms with Gasteiger partial charge in [-0.1, -0.05) is 11.2 Å². The van der Waals surface area contributed by atoms with Gasteiger partial charge in [-0.2, -0.15) is 0 Å². The van der Waals surface area contributed by atoms with Crippen LogP contribution in [-0.2, 0) is 13.1 Å². The van der Waals surface area contributed by atoms with Gasteiger partial charge in [0, 0.05) is 57.2 Å². The molecule has 3 rings (SSSR count). The molecule has 1 fully saturated rings. The summed E-state index contributed by atoms with van der Waals surface area (Å²) in [6.07, 6.45) is 5.49. The third-order valence-corrected chi connectivity index (χ3v) is 3.81.